The molecule has 0 radical (unpaired) electrons. The van der Waals surface area contributed by atoms with Crippen LogP contribution in [0.25, 0.3) is 0 Å². The maximum atomic E-state index is 11.6. The maximum Gasteiger partial charge on any atom is 0.320 e. The molecule has 2 aliphatic rings. The Balaban J connectivity index is 1.78. The van der Waals surface area contributed by atoms with Gasteiger partial charge in [-0.1, -0.05) is 31.8 Å². The molecule has 2 heterocycles. The number of rotatable bonds is 4. The van der Waals surface area contributed by atoms with Crippen molar-refractivity contribution >= 4 is 5.97 Å². The van der Waals surface area contributed by atoms with Gasteiger partial charge in [-0.15, -0.1) is 0 Å². The number of carboxylic acids is 1. The maximum absolute atomic E-state index is 11.6. The number of hydrogen-bond donors (Lipinski definition) is 1. The Hall–Kier alpha value is -1.43. The molecular formula is C15H23N3O3. The minimum atomic E-state index is -0.729. The average molecular weight is 293 g/mol. The summed E-state index contributed by atoms with van der Waals surface area (Å²) in [7, 11) is 0. The highest BCUT2D eigenvalue weighted by molar-refractivity contribution is 5.74. The number of carboxylic acid groups (broad SMARTS) is 1. The molecule has 0 spiro atoms. The highest BCUT2D eigenvalue weighted by atomic mass is 16.5. The minimum absolute atomic E-state index is 0.221. The first kappa shape index (κ1) is 14.5. The molecule has 0 unspecified atom stereocenters. The lowest BCUT2D eigenvalue weighted by atomic mass is 9.85. The normalized spacial score (nSPS) is 29.8. The van der Waals surface area contributed by atoms with E-state index in [9.17, 15) is 9.90 Å². The Morgan fingerprint density at radius 3 is 2.86 bits per heavy atom. The van der Waals surface area contributed by atoms with Gasteiger partial charge < -0.3 is 9.63 Å². The van der Waals surface area contributed by atoms with Gasteiger partial charge in [0.1, 0.15) is 6.04 Å². The Bertz CT molecular complexity index is 514. The van der Waals surface area contributed by atoms with Crippen molar-refractivity contribution in [3.05, 3.63) is 11.7 Å². The fourth-order valence-electron chi connectivity index (χ4n) is 3.75. The standard InChI is InChI=1S/C15H23N3O3/c1-9(2)14-16-13(21-17-14)8-18-11-6-4-3-5-10(11)7-12(18)15(19)20/h9-12H,3-8H2,1-2H3,(H,19,20)/t10-,11-,12+/m1/s1. The molecule has 1 aromatic heterocycles. The molecule has 1 saturated heterocycles. The molecule has 6 nitrogen and oxygen atoms in total. The first-order valence-electron chi connectivity index (χ1n) is 7.87. The van der Waals surface area contributed by atoms with Crippen molar-refractivity contribution in [2.45, 2.75) is 70.5 Å². The summed E-state index contributed by atoms with van der Waals surface area (Å²) in [4.78, 5) is 18.0. The van der Waals surface area contributed by atoms with E-state index in [0.717, 1.165) is 19.3 Å². The summed E-state index contributed by atoms with van der Waals surface area (Å²) in [6, 6.07) is -0.0539. The Morgan fingerprint density at radius 1 is 1.43 bits per heavy atom. The zero-order valence-electron chi connectivity index (χ0n) is 12.7. The van der Waals surface area contributed by atoms with E-state index in [1.54, 1.807) is 0 Å². The van der Waals surface area contributed by atoms with Gasteiger partial charge in [0.05, 0.1) is 6.54 Å². The summed E-state index contributed by atoms with van der Waals surface area (Å²) in [6.45, 7) is 4.49. The van der Waals surface area contributed by atoms with Crippen molar-refractivity contribution in [1.82, 2.24) is 15.0 Å². The summed E-state index contributed by atoms with van der Waals surface area (Å²) >= 11 is 0. The molecule has 6 heteroatoms. The molecule has 1 N–H and O–H groups in total. The lowest BCUT2D eigenvalue weighted by Gasteiger charge is -2.31. The Kier molecular flexibility index (Phi) is 3.97. The van der Waals surface area contributed by atoms with Crippen molar-refractivity contribution in [3.63, 3.8) is 0 Å². The highest BCUT2D eigenvalue weighted by Gasteiger charge is 2.45. The predicted octanol–water partition coefficient (Wildman–Crippen LogP) is 2.41. The van der Waals surface area contributed by atoms with Gasteiger partial charge in [0.25, 0.3) is 0 Å². The number of aliphatic carboxylic acids is 1. The molecule has 3 atom stereocenters. The van der Waals surface area contributed by atoms with Crippen LogP contribution in [0.1, 0.15) is 63.6 Å². The minimum Gasteiger partial charge on any atom is -0.480 e. The van der Waals surface area contributed by atoms with Crippen LogP contribution in [-0.4, -0.2) is 38.2 Å². The Labute approximate surface area is 124 Å². The van der Waals surface area contributed by atoms with Gasteiger partial charge in [0.2, 0.25) is 5.89 Å². The smallest absolute Gasteiger partial charge is 0.320 e. The van der Waals surface area contributed by atoms with E-state index in [4.69, 9.17) is 4.52 Å². The topological polar surface area (TPSA) is 79.5 Å². The predicted molar refractivity (Wildman–Crippen MR) is 75.7 cm³/mol. The van der Waals surface area contributed by atoms with E-state index >= 15 is 0 Å². The summed E-state index contributed by atoms with van der Waals surface area (Å²) in [5, 5.41) is 13.5. The SMILES string of the molecule is CC(C)c1noc(CN2[C@@H]3CCCC[C@@H]3C[C@H]2C(=O)O)n1. The van der Waals surface area contributed by atoms with Crippen molar-refractivity contribution in [2.75, 3.05) is 0 Å². The average Bonchev–Trinajstić information content (AvgIpc) is 3.05. The third-order valence-corrected chi connectivity index (χ3v) is 4.82. The summed E-state index contributed by atoms with van der Waals surface area (Å²) in [5.74, 6) is 1.23. The van der Waals surface area contributed by atoms with E-state index in [0.29, 0.717) is 30.2 Å². The largest absolute Gasteiger partial charge is 0.480 e. The number of fused-ring (bicyclic) bond motifs is 1. The molecule has 0 bridgehead atoms. The monoisotopic (exact) mass is 293 g/mol. The molecule has 1 aromatic rings. The third kappa shape index (κ3) is 2.81. The molecule has 1 aliphatic carbocycles. The zero-order chi connectivity index (χ0) is 15.0. The quantitative estimate of drug-likeness (QED) is 0.918. The molecular weight excluding hydrogens is 270 g/mol. The van der Waals surface area contributed by atoms with Crippen LogP contribution in [0.2, 0.25) is 0 Å². The molecule has 116 valence electrons. The molecule has 21 heavy (non-hydrogen) atoms. The van der Waals surface area contributed by atoms with Crippen LogP contribution in [0.5, 0.6) is 0 Å². The van der Waals surface area contributed by atoms with E-state index in [1.165, 1.54) is 12.8 Å². The summed E-state index contributed by atoms with van der Waals surface area (Å²) in [6.07, 6.45) is 5.39. The van der Waals surface area contributed by atoms with Crippen LogP contribution >= 0.6 is 0 Å². The molecule has 2 fully saturated rings. The van der Waals surface area contributed by atoms with Crippen LogP contribution in [0.15, 0.2) is 4.52 Å². The van der Waals surface area contributed by atoms with Crippen LogP contribution in [0.3, 0.4) is 0 Å². The lowest BCUT2D eigenvalue weighted by Crippen LogP contribution is -2.41. The van der Waals surface area contributed by atoms with Gasteiger partial charge in [-0.05, 0) is 25.2 Å². The van der Waals surface area contributed by atoms with Crippen LogP contribution < -0.4 is 0 Å². The second-order valence-electron chi connectivity index (χ2n) is 6.57. The number of carbonyl (C=O) groups is 1. The first-order chi connectivity index (χ1) is 10.1. The Morgan fingerprint density at radius 2 is 2.19 bits per heavy atom. The molecule has 3 rings (SSSR count). The van der Waals surface area contributed by atoms with Crippen LogP contribution in [0.4, 0.5) is 0 Å². The summed E-state index contributed by atoms with van der Waals surface area (Å²) in [5.41, 5.74) is 0. The van der Waals surface area contributed by atoms with Crippen molar-refractivity contribution in [3.8, 4) is 0 Å². The number of aromatic nitrogens is 2. The summed E-state index contributed by atoms with van der Waals surface area (Å²) < 4.78 is 5.30. The number of nitrogens with zero attached hydrogens (tertiary/aromatic N) is 3. The fraction of sp³-hybridized carbons (Fsp3) is 0.800. The molecule has 1 saturated carbocycles. The van der Waals surface area contributed by atoms with Gasteiger partial charge in [-0.25, -0.2) is 0 Å². The van der Waals surface area contributed by atoms with E-state index in [2.05, 4.69) is 15.0 Å². The third-order valence-electron chi connectivity index (χ3n) is 4.82. The van der Waals surface area contributed by atoms with Crippen LogP contribution in [0, 0.1) is 5.92 Å². The molecule has 0 aromatic carbocycles. The lowest BCUT2D eigenvalue weighted by molar-refractivity contribution is -0.143. The fourth-order valence-corrected chi connectivity index (χ4v) is 3.75. The molecule has 1 aliphatic heterocycles. The first-order valence-corrected chi connectivity index (χ1v) is 7.87. The zero-order valence-corrected chi connectivity index (χ0v) is 12.7. The number of hydrogen-bond acceptors (Lipinski definition) is 5. The highest BCUT2D eigenvalue weighted by Crippen LogP contribution is 2.40. The van der Waals surface area contributed by atoms with Crippen molar-refractivity contribution in [1.29, 1.82) is 0 Å². The van der Waals surface area contributed by atoms with Gasteiger partial charge in [-0.3, -0.25) is 9.69 Å². The van der Waals surface area contributed by atoms with Gasteiger partial charge in [-0.2, -0.15) is 4.98 Å². The van der Waals surface area contributed by atoms with E-state index < -0.39 is 12.0 Å². The van der Waals surface area contributed by atoms with Gasteiger partial charge in [0.15, 0.2) is 5.82 Å². The van der Waals surface area contributed by atoms with Crippen LogP contribution in [-0.2, 0) is 11.3 Å². The number of likely N-dealkylation sites (tertiary alicyclic amines) is 1. The van der Waals surface area contributed by atoms with E-state index in [1.807, 2.05) is 13.8 Å². The second-order valence-corrected chi connectivity index (χ2v) is 6.57. The van der Waals surface area contributed by atoms with Gasteiger partial charge in [0, 0.05) is 12.0 Å². The van der Waals surface area contributed by atoms with Gasteiger partial charge >= 0.3 is 5.97 Å². The van der Waals surface area contributed by atoms with Crippen molar-refractivity contribution in [2.24, 2.45) is 5.92 Å². The van der Waals surface area contributed by atoms with Crippen molar-refractivity contribution < 1.29 is 14.4 Å². The van der Waals surface area contributed by atoms with E-state index in [-0.39, 0.29) is 5.92 Å². The second kappa shape index (κ2) is 5.75. The molecule has 0 amide bonds.